The minimum absolute atomic E-state index is 0.0234. The molecule has 0 N–H and O–H groups in total. The van der Waals surface area contributed by atoms with Gasteiger partial charge in [0, 0.05) is 0 Å². The third kappa shape index (κ3) is 2.56. The lowest BCUT2D eigenvalue weighted by molar-refractivity contribution is -0.163. The summed E-state index contributed by atoms with van der Waals surface area (Å²) in [5.41, 5.74) is -5.71. The van der Waals surface area contributed by atoms with Gasteiger partial charge in [-0.25, -0.2) is 4.39 Å². The number of rotatable bonds is 1. The van der Waals surface area contributed by atoms with Gasteiger partial charge in [0.1, 0.15) is 11.4 Å². The summed E-state index contributed by atoms with van der Waals surface area (Å²) in [6, 6.07) is 0.371. The number of hydrogen-bond acceptors (Lipinski definition) is 1. The lowest BCUT2D eigenvalue weighted by Crippen LogP contribution is -2.19. The highest BCUT2D eigenvalue weighted by atomic mass is 19.4. The fraction of sp³-hybridized carbons (Fsp3) is 0.222. The minimum Gasteiger partial charge on any atom is -0.298 e. The molecule has 0 fully saturated rings. The fourth-order valence-electron chi connectivity index (χ4n) is 1.20. The first-order valence-corrected chi connectivity index (χ1v) is 4.01. The Balaban J connectivity index is 3.65. The van der Waals surface area contributed by atoms with Crippen molar-refractivity contribution in [3.05, 3.63) is 34.6 Å². The fourth-order valence-corrected chi connectivity index (χ4v) is 1.20. The number of benzene rings is 1. The molecule has 1 rings (SSSR count). The Morgan fingerprint density at radius 1 is 0.941 bits per heavy atom. The summed E-state index contributed by atoms with van der Waals surface area (Å²) in [5, 5.41) is 0. The van der Waals surface area contributed by atoms with Crippen molar-refractivity contribution in [2.75, 3.05) is 0 Å². The van der Waals surface area contributed by atoms with Gasteiger partial charge < -0.3 is 0 Å². The molecule has 0 aliphatic heterocycles. The standard InChI is InChI=1S/C9H3F7O/c10-7-4(3-17)1-2-5(8(11,12)13)6(7)9(14,15)16/h1-3H. The van der Waals surface area contributed by atoms with Gasteiger partial charge in [-0.3, -0.25) is 4.79 Å². The molecular weight excluding hydrogens is 257 g/mol. The number of hydrogen-bond donors (Lipinski definition) is 0. The smallest absolute Gasteiger partial charge is 0.298 e. The second-order valence-electron chi connectivity index (χ2n) is 3.00. The third-order valence-corrected chi connectivity index (χ3v) is 1.89. The Morgan fingerprint density at radius 2 is 1.47 bits per heavy atom. The van der Waals surface area contributed by atoms with E-state index in [1.807, 2.05) is 0 Å². The Bertz CT molecular complexity index is 444. The number of carbonyl (C=O) groups is 1. The molecule has 0 aliphatic carbocycles. The van der Waals surface area contributed by atoms with Crippen molar-refractivity contribution in [2.45, 2.75) is 12.4 Å². The van der Waals surface area contributed by atoms with Crippen LogP contribution in [0.25, 0.3) is 0 Å². The molecule has 0 amide bonds. The lowest BCUT2D eigenvalue weighted by atomic mass is 10.0. The SMILES string of the molecule is O=Cc1ccc(C(F)(F)F)c(C(F)(F)F)c1F. The number of carbonyl (C=O) groups excluding carboxylic acids is 1. The molecule has 0 aromatic heterocycles. The maximum Gasteiger partial charge on any atom is 0.419 e. The predicted octanol–water partition coefficient (Wildman–Crippen LogP) is 3.68. The van der Waals surface area contributed by atoms with Crippen LogP contribution in [0.4, 0.5) is 30.7 Å². The highest BCUT2D eigenvalue weighted by Gasteiger charge is 2.45. The van der Waals surface area contributed by atoms with Crippen LogP contribution >= 0.6 is 0 Å². The highest BCUT2D eigenvalue weighted by Crippen LogP contribution is 2.42. The third-order valence-electron chi connectivity index (χ3n) is 1.89. The van der Waals surface area contributed by atoms with Gasteiger partial charge in [0.15, 0.2) is 6.29 Å². The van der Waals surface area contributed by atoms with Crippen molar-refractivity contribution < 1.29 is 35.5 Å². The van der Waals surface area contributed by atoms with E-state index in [2.05, 4.69) is 0 Å². The molecular formula is C9H3F7O. The second kappa shape index (κ2) is 4.01. The Kier molecular flexibility index (Phi) is 3.17. The minimum atomic E-state index is -5.53. The van der Waals surface area contributed by atoms with Crippen LogP contribution in [-0.4, -0.2) is 6.29 Å². The zero-order valence-electron chi connectivity index (χ0n) is 7.79. The van der Waals surface area contributed by atoms with Crippen LogP contribution in [0.3, 0.4) is 0 Å². The highest BCUT2D eigenvalue weighted by molar-refractivity contribution is 5.76. The van der Waals surface area contributed by atoms with Crippen molar-refractivity contribution in [1.82, 2.24) is 0 Å². The number of halogens is 7. The summed E-state index contributed by atoms with van der Waals surface area (Å²) in [7, 11) is 0. The number of alkyl halides is 6. The number of aldehydes is 1. The second-order valence-corrected chi connectivity index (χ2v) is 3.00. The average Bonchev–Trinajstić information content (AvgIpc) is 2.13. The first-order chi connectivity index (χ1) is 7.59. The molecule has 0 saturated carbocycles. The molecule has 0 atom stereocenters. The van der Waals surface area contributed by atoms with Gasteiger partial charge in [-0.15, -0.1) is 0 Å². The van der Waals surface area contributed by atoms with E-state index >= 15 is 0 Å². The largest absolute Gasteiger partial charge is 0.419 e. The lowest BCUT2D eigenvalue weighted by Gasteiger charge is -2.16. The summed E-state index contributed by atoms with van der Waals surface area (Å²) < 4.78 is 86.7. The van der Waals surface area contributed by atoms with E-state index in [1.54, 1.807) is 0 Å². The van der Waals surface area contributed by atoms with Gasteiger partial charge in [-0.05, 0) is 12.1 Å². The summed E-state index contributed by atoms with van der Waals surface area (Å²) in [4.78, 5) is 10.2. The van der Waals surface area contributed by atoms with Gasteiger partial charge in [0.25, 0.3) is 0 Å². The Hall–Kier alpha value is -1.60. The summed E-state index contributed by atoms with van der Waals surface area (Å²) in [6.07, 6.45) is -11.2. The molecule has 8 heteroatoms. The Labute approximate surface area is 89.8 Å². The first kappa shape index (κ1) is 13.5. The van der Waals surface area contributed by atoms with Crippen molar-refractivity contribution >= 4 is 6.29 Å². The van der Waals surface area contributed by atoms with Crippen LogP contribution in [0.15, 0.2) is 12.1 Å². The molecule has 0 spiro atoms. The summed E-state index contributed by atoms with van der Waals surface area (Å²) >= 11 is 0. The van der Waals surface area contributed by atoms with Crippen molar-refractivity contribution in [1.29, 1.82) is 0 Å². The zero-order chi connectivity index (χ0) is 13.4. The molecule has 0 aliphatic rings. The average molecular weight is 260 g/mol. The van der Waals surface area contributed by atoms with Crippen LogP contribution in [0.1, 0.15) is 21.5 Å². The molecule has 1 nitrogen and oxygen atoms in total. The van der Waals surface area contributed by atoms with E-state index in [9.17, 15) is 35.5 Å². The van der Waals surface area contributed by atoms with Crippen molar-refractivity contribution in [2.24, 2.45) is 0 Å². The molecule has 0 radical (unpaired) electrons. The normalized spacial score (nSPS) is 12.6. The quantitative estimate of drug-likeness (QED) is 0.556. The molecule has 0 bridgehead atoms. The van der Waals surface area contributed by atoms with Gasteiger partial charge in [-0.1, -0.05) is 0 Å². The topological polar surface area (TPSA) is 17.1 Å². The van der Waals surface area contributed by atoms with Crippen LogP contribution < -0.4 is 0 Å². The van der Waals surface area contributed by atoms with E-state index in [0.717, 1.165) is 0 Å². The molecule has 0 unspecified atom stereocenters. The van der Waals surface area contributed by atoms with Crippen molar-refractivity contribution in [3.63, 3.8) is 0 Å². The molecule has 1 aromatic carbocycles. The maximum absolute atomic E-state index is 13.1. The van der Waals surface area contributed by atoms with E-state index in [-0.39, 0.29) is 12.4 Å². The summed E-state index contributed by atoms with van der Waals surface area (Å²) in [5.74, 6) is -2.22. The molecule has 94 valence electrons. The molecule has 0 saturated heterocycles. The van der Waals surface area contributed by atoms with E-state index in [4.69, 9.17) is 0 Å². The van der Waals surface area contributed by atoms with Crippen LogP contribution in [0.5, 0.6) is 0 Å². The van der Waals surface area contributed by atoms with Crippen LogP contribution in [-0.2, 0) is 12.4 Å². The van der Waals surface area contributed by atoms with Gasteiger partial charge in [-0.2, -0.15) is 26.3 Å². The monoisotopic (exact) mass is 260 g/mol. The van der Waals surface area contributed by atoms with Gasteiger partial charge >= 0.3 is 12.4 Å². The van der Waals surface area contributed by atoms with Gasteiger partial charge in [0.2, 0.25) is 0 Å². The molecule has 0 heterocycles. The molecule has 17 heavy (non-hydrogen) atoms. The van der Waals surface area contributed by atoms with Crippen LogP contribution in [0.2, 0.25) is 0 Å². The van der Waals surface area contributed by atoms with Crippen LogP contribution in [0, 0.1) is 5.82 Å². The first-order valence-electron chi connectivity index (χ1n) is 4.01. The van der Waals surface area contributed by atoms with E-state index < -0.39 is 34.9 Å². The predicted molar refractivity (Wildman–Crippen MR) is 41.8 cm³/mol. The molecule has 1 aromatic rings. The van der Waals surface area contributed by atoms with Crippen molar-refractivity contribution in [3.8, 4) is 0 Å². The van der Waals surface area contributed by atoms with Gasteiger partial charge in [0.05, 0.1) is 11.1 Å². The Morgan fingerprint density at radius 3 is 1.82 bits per heavy atom. The van der Waals surface area contributed by atoms with E-state index in [0.29, 0.717) is 6.07 Å². The summed E-state index contributed by atoms with van der Waals surface area (Å²) in [6.45, 7) is 0. The maximum atomic E-state index is 13.1. The zero-order valence-corrected chi connectivity index (χ0v) is 7.79. The van der Waals surface area contributed by atoms with E-state index in [1.165, 1.54) is 0 Å².